The molecule has 0 saturated carbocycles. The van der Waals surface area contributed by atoms with Crippen molar-refractivity contribution < 1.29 is 51.7 Å². The molecule has 0 fully saturated rings. The van der Waals surface area contributed by atoms with E-state index in [9.17, 15) is 0 Å². The topological polar surface area (TPSA) is 0 Å². The summed E-state index contributed by atoms with van der Waals surface area (Å²) in [4.78, 5) is 0. The summed E-state index contributed by atoms with van der Waals surface area (Å²) < 4.78 is 0. The zero-order valence-electron chi connectivity index (χ0n) is 3.00. The molecule has 0 bridgehead atoms. The van der Waals surface area contributed by atoms with Gasteiger partial charge in [0, 0.05) is 51.7 Å². The van der Waals surface area contributed by atoms with Crippen LogP contribution in [0, 0.1) is 14.9 Å². The van der Waals surface area contributed by atoms with E-state index >= 15 is 0 Å². The molecule has 0 aliphatic rings. The summed E-state index contributed by atoms with van der Waals surface area (Å²) in [5, 5.41) is 0. The molecular formula is C2H6Hf2-2. The van der Waals surface area contributed by atoms with Crippen molar-refractivity contribution in [2.75, 3.05) is 0 Å². The minimum absolute atomic E-state index is 0. The standard InChI is InChI=1S/2CH3.2Hf/h2*1H3;;/q2*-1;;. The molecule has 24 valence electrons. The Balaban J connectivity index is 0. The third kappa shape index (κ3) is 9.27. The summed E-state index contributed by atoms with van der Waals surface area (Å²) >= 11 is 0. The van der Waals surface area contributed by atoms with Gasteiger partial charge in [0.05, 0.1) is 0 Å². The molecule has 4 heavy (non-hydrogen) atoms. The van der Waals surface area contributed by atoms with Gasteiger partial charge < -0.3 is 14.9 Å². The van der Waals surface area contributed by atoms with E-state index in [2.05, 4.69) is 0 Å². The summed E-state index contributed by atoms with van der Waals surface area (Å²) in [5.74, 6) is 0. The fraction of sp³-hybridized carbons (Fsp3) is 0. The van der Waals surface area contributed by atoms with Gasteiger partial charge in [-0.3, -0.25) is 0 Å². The van der Waals surface area contributed by atoms with Crippen LogP contribution in [0.5, 0.6) is 0 Å². The summed E-state index contributed by atoms with van der Waals surface area (Å²) in [5.41, 5.74) is 0. The summed E-state index contributed by atoms with van der Waals surface area (Å²) in [7, 11) is 0. The number of rotatable bonds is 0. The molecule has 0 N–H and O–H groups in total. The Morgan fingerprint density at radius 3 is 0.500 bits per heavy atom. The summed E-state index contributed by atoms with van der Waals surface area (Å²) in [6.45, 7) is 0. The van der Waals surface area contributed by atoms with Crippen LogP contribution in [0.3, 0.4) is 0 Å². The van der Waals surface area contributed by atoms with Crippen LogP contribution in [0.25, 0.3) is 0 Å². The molecule has 0 atom stereocenters. The Morgan fingerprint density at radius 2 is 0.500 bits per heavy atom. The Labute approximate surface area is 65.9 Å². The first-order chi connectivity index (χ1) is 0. The number of hydrogen-bond donors (Lipinski definition) is 0. The molecule has 0 rings (SSSR count). The van der Waals surface area contributed by atoms with E-state index in [0.29, 0.717) is 0 Å². The van der Waals surface area contributed by atoms with Crippen LogP contribution in [0.1, 0.15) is 0 Å². The first-order valence-electron chi connectivity index (χ1n) is 0. The molecule has 0 aromatic heterocycles. The average molecular weight is 387 g/mol. The largest absolute Gasteiger partial charge is 0.358 e. The Kier molecular flexibility index (Phi) is 233. The molecule has 0 nitrogen and oxygen atoms in total. The molecule has 0 aromatic rings. The molecule has 0 aromatic carbocycles. The van der Waals surface area contributed by atoms with Crippen LogP contribution < -0.4 is 0 Å². The Hall–Kier alpha value is 1.74. The second-order valence-electron chi connectivity index (χ2n) is 0. The van der Waals surface area contributed by atoms with Crippen molar-refractivity contribution in [3.63, 3.8) is 0 Å². The van der Waals surface area contributed by atoms with Crippen molar-refractivity contribution in [3.05, 3.63) is 14.9 Å². The van der Waals surface area contributed by atoms with Gasteiger partial charge in [0.2, 0.25) is 0 Å². The second-order valence-corrected chi connectivity index (χ2v) is 0. The maximum atomic E-state index is 0. The normalized spacial score (nSPS) is 0. The zero-order valence-corrected chi connectivity index (χ0v) is 10.2. The van der Waals surface area contributed by atoms with Crippen molar-refractivity contribution in [3.8, 4) is 0 Å². The second kappa shape index (κ2) is 21.9. The van der Waals surface area contributed by atoms with E-state index in [4.69, 9.17) is 0 Å². The molecule has 2 heteroatoms. The van der Waals surface area contributed by atoms with E-state index in [1.807, 2.05) is 0 Å². The smallest absolute Gasteiger partial charge is 0 e. The predicted molar refractivity (Wildman–Crippen MR) is 12.8 cm³/mol. The minimum atomic E-state index is 0. The molecule has 0 radical (unpaired) electrons. The van der Waals surface area contributed by atoms with Crippen LogP contribution in [0.15, 0.2) is 0 Å². The van der Waals surface area contributed by atoms with Crippen LogP contribution in [-0.4, -0.2) is 0 Å². The quantitative estimate of drug-likeness (QED) is 0.428. The molecule has 0 heterocycles. The third-order valence-electron chi connectivity index (χ3n) is 0. The zero-order chi connectivity index (χ0) is 0. The van der Waals surface area contributed by atoms with E-state index in [-0.39, 0.29) is 66.5 Å². The minimum Gasteiger partial charge on any atom is -0.358 e. The Morgan fingerprint density at radius 1 is 0.500 bits per heavy atom. The van der Waals surface area contributed by atoms with Crippen LogP contribution in [0.4, 0.5) is 0 Å². The molecule has 0 unspecified atom stereocenters. The summed E-state index contributed by atoms with van der Waals surface area (Å²) in [6.07, 6.45) is 0. The SMILES string of the molecule is [CH3-].[CH3-].[Hf].[Hf]. The molecule has 0 aliphatic heterocycles. The number of hydrogen-bond acceptors (Lipinski definition) is 0. The van der Waals surface area contributed by atoms with Crippen LogP contribution >= 0.6 is 0 Å². The average Bonchev–Trinajstić information content (AvgIpc) is 0. The van der Waals surface area contributed by atoms with E-state index < -0.39 is 0 Å². The van der Waals surface area contributed by atoms with E-state index in [1.165, 1.54) is 0 Å². The maximum absolute atomic E-state index is 0. The van der Waals surface area contributed by atoms with E-state index in [0.717, 1.165) is 0 Å². The van der Waals surface area contributed by atoms with Crippen molar-refractivity contribution in [2.45, 2.75) is 0 Å². The third-order valence-corrected chi connectivity index (χ3v) is 0. The molecular weight excluding hydrogens is 381 g/mol. The fourth-order valence-corrected chi connectivity index (χ4v) is 0. The monoisotopic (exact) mass is 390 g/mol. The molecule has 0 aliphatic carbocycles. The van der Waals surface area contributed by atoms with Gasteiger partial charge in [-0.1, -0.05) is 0 Å². The van der Waals surface area contributed by atoms with Crippen LogP contribution in [-0.2, 0) is 51.7 Å². The van der Waals surface area contributed by atoms with Crippen molar-refractivity contribution in [1.29, 1.82) is 0 Å². The van der Waals surface area contributed by atoms with Gasteiger partial charge in [-0.25, -0.2) is 0 Å². The van der Waals surface area contributed by atoms with Crippen molar-refractivity contribution in [2.24, 2.45) is 0 Å². The summed E-state index contributed by atoms with van der Waals surface area (Å²) in [6, 6.07) is 0. The predicted octanol–water partition coefficient (Wildman–Crippen LogP) is 0.896. The van der Waals surface area contributed by atoms with Crippen molar-refractivity contribution >= 4 is 0 Å². The van der Waals surface area contributed by atoms with Gasteiger partial charge in [-0.05, 0) is 0 Å². The first kappa shape index (κ1) is 42.6. The van der Waals surface area contributed by atoms with Gasteiger partial charge in [-0.15, -0.1) is 0 Å². The Bertz CT molecular complexity index is 4.00. The molecule has 0 amide bonds. The molecule has 0 spiro atoms. The van der Waals surface area contributed by atoms with Gasteiger partial charge in [0.1, 0.15) is 0 Å². The first-order valence-corrected chi connectivity index (χ1v) is 0. The van der Waals surface area contributed by atoms with Gasteiger partial charge in [-0.2, -0.15) is 0 Å². The van der Waals surface area contributed by atoms with Crippen LogP contribution in [0.2, 0.25) is 0 Å². The van der Waals surface area contributed by atoms with Crippen molar-refractivity contribution in [1.82, 2.24) is 0 Å². The van der Waals surface area contributed by atoms with Gasteiger partial charge in [0.15, 0.2) is 0 Å². The van der Waals surface area contributed by atoms with Gasteiger partial charge >= 0.3 is 0 Å². The van der Waals surface area contributed by atoms with Gasteiger partial charge in [0.25, 0.3) is 0 Å². The molecule has 0 saturated heterocycles. The maximum Gasteiger partial charge on any atom is 0 e. The van der Waals surface area contributed by atoms with E-state index in [1.54, 1.807) is 0 Å². The fourth-order valence-electron chi connectivity index (χ4n) is 0.